The quantitative estimate of drug-likeness (QED) is 0.464. The first-order chi connectivity index (χ1) is 10.2. The van der Waals surface area contributed by atoms with Gasteiger partial charge in [-0.3, -0.25) is 0 Å². The maximum atomic E-state index is 12.2. The fourth-order valence-electron chi connectivity index (χ4n) is 1.30. The lowest BCUT2D eigenvalue weighted by molar-refractivity contribution is -0.189. The highest BCUT2D eigenvalue weighted by atomic mass is 28.4. The molecule has 0 aliphatic rings. The number of ether oxygens (including phenoxy) is 1. The Morgan fingerprint density at radius 1 is 1.09 bits per heavy atom. The first-order valence-corrected chi connectivity index (χ1v) is 9.77. The van der Waals surface area contributed by atoms with E-state index in [1.807, 2.05) is 33.9 Å². The number of carbonyl (C=O) groups is 2. The molecule has 8 heteroatoms. The maximum absolute atomic E-state index is 12.2. The molecule has 0 unspecified atom stereocenters. The van der Waals surface area contributed by atoms with Crippen molar-refractivity contribution in [3.8, 4) is 5.75 Å². The summed E-state index contributed by atoms with van der Waals surface area (Å²) in [4.78, 5) is 23.0. The van der Waals surface area contributed by atoms with Crippen molar-refractivity contribution in [1.29, 1.82) is 0 Å². The van der Waals surface area contributed by atoms with Crippen molar-refractivity contribution in [2.75, 3.05) is 0 Å². The molecule has 0 aliphatic carbocycles. The molecule has 0 N–H and O–H groups in total. The van der Waals surface area contributed by atoms with Crippen LogP contribution < -0.4 is 4.74 Å². The lowest BCUT2D eigenvalue weighted by atomic mass is 10.2. The first-order valence-electron chi connectivity index (χ1n) is 6.86. The van der Waals surface area contributed by atoms with E-state index in [1.54, 1.807) is 0 Å². The number of hydrogen-bond donors (Lipinski definition) is 0. The molecule has 0 fully saturated rings. The van der Waals surface area contributed by atoms with Crippen molar-refractivity contribution in [2.45, 2.75) is 45.1 Å². The summed E-state index contributed by atoms with van der Waals surface area (Å²) in [7, 11) is -2.37. The van der Waals surface area contributed by atoms with Gasteiger partial charge < -0.3 is 9.16 Å². The van der Waals surface area contributed by atoms with Crippen molar-refractivity contribution < 1.29 is 31.9 Å². The molecular weight excluding hydrogens is 329 g/mol. The Bertz CT molecular complexity index is 603. The van der Waals surface area contributed by atoms with Crippen molar-refractivity contribution in [1.82, 2.24) is 0 Å². The van der Waals surface area contributed by atoms with Crippen molar-refractivity contribution >= 4 is 20.3 Å². The summed E-state index contributed by atoms with van der Waals surface area (Å²) in [5.74, 6) is -3.36. The van der Waals surface area contributed by atoms with Crippen molar-refractivity contribution in [3.05, 3.63) is 29.8 Å². The number of alkyl halides is 3. The lowest BCUT2D eigenvalue weighted by Gasteiger charge is -2.35. The fraction of sp³-hybridized carbons (Fsp3) is 0.467. The number of benzene rings is 1. The van der Waals surface area contributed by atoms with E-state index in [1.165, 1.54) is 12.1 Å². The molecule has 1 aromatic rings. The summed E-state index contributed by atoms with van der Waals surface area (Å²) in [6.07, 6.45) is -5.10. The molecule has 0 radical (unpaired) electrons. The molecule has 0 spiro atoms. The zero-order chi connectivity index (χ0) is 18.1. The number of hydrogen-bond acceptors (Lipinski definition) is 4. The lowest BCUT2D eigenvalue weighted by Crippen LogP contribution is -2.42. The zero-order valence-corrected chi connectivity index (χ0v) is 14.6. The van der Waals surface area contributed by atoms with Gasteiger partial charge in [-0.1, -0.05) is 26.8 Å². The van der Waals surface area contributed by atoms with Gasteiger partial charge in [0.25, 0.3) is 8.32 Å². The van der Waals surface area contributed by atoms with Gasteiger partial charge >= 0.3 is 18.1 Å². The molecule has 0 saturated heterocycles. The molecular formula is C15H19F3O4Si. The average Bonchev–Trinajstić information content (AvgIpc) is 2.36. The summed E-state index contributed by atoms with van der Waals surface area (Å²) >= 11 is 0. The molecule has 0 atom stereocenters. The number of esters is 1. The molecule has 0 bridgehead atoms. The molecule has 0 saturated carbocycles. The van der Waals surface area contributed by atoms with Gasteiger partial charge in [-0.15, -0.1) is 0 Å². The normalized spacial score (nSPS) is 12.7. The van der Waals surface area contributed by atoms with Crippen LogP contribution in [-0.4, -0.2) is 26.4 Å². The van der Waals surface area contributed by atoms with Crippen molar-refractivity contribution in [3.63, 3.8) is 0 Å². The highest BCUT2D eigenvalue weighted by Crippen LogP contribution is 2.37. The maximum Gasteiger partial charge on any atom is 0.491 e. The molecule has 1 rings (SSSR count). The van der Waals surface area contributed by atoms with Crippen LogP contribution in [0.4, 0.5) is 13.2 Å². The average molecular weight is 348 g/mol. The summed E-state index contributed by atoms with van der Waals surface area (Å²) < 4.78 is 46.3. The van der Waals surface area contributed by atoms with Crippen LogP contribution in [0.3, 0.4) is 0 Å². The van der Waals surface area contributed by atoms with E-state index < -0.39 is 26.4 Å². The van der Waals surface area contributed by atoms with Crippen LogP contribution in [-0.2, 0) is 9.22 Å². The smallest absolute Gasteiger partial charge is 0.491 e. The standard InChI is InChI=1S/C15H19F3O4Si/c1-14(2,3)23(4,5)22-12(19)10-7-6-8-11(9-10)21-13(20)15(16,17)18/h6-9H,1-5H3. The minimum Gasteiger partial charge on any atom is -0.516 e. The predicted molar refractivity (Wildman–Crippen MR) is 80.7 cm³/mol. The van der Waals surface area contributed by atoms with E-state index in [0.717, 1.165) is 12.1 Å². The third-order valence-electron chi connectivity index (χ3n) is 3.67. The van der Waals surface area contributed by atoms with Crippen LogP contribution in [0.25, 0.3) is 0 Å². The SMILES string of the molecule is CC(C)(C)[Si](C)(C)OC(=O)c1cccc(OC(=O)C(F)(F)F)c1. The molecule has 0 heterocycles. The van der Waals surface area contributed by atoms with Gasteiger partial charge in [0.1, 0.15) is 5.75 Å². The molecule has 128 valence electrons. The largest absolute Gasteiger partial charge is 0.516 e. The van der Waals surface area contributed by atoms with Crippen molar-refractivity contribution in [2.24, 2.45) is 0 Å². The van der Waals surface area contributed by atoms with E-state index in [9.17, 15) is 22.8 Å². The van der Waals surface area contributed by atoms with E-state index in [4.69, 9.17) is 4.43 Å². The second-order valence-corrected chi connectivity index (χ2v) is 11.3. The molecule has 0 amide bonds. The van der Waals surface area contributed by atoms with Crippen LogP contribution in [0.1, 0.15) is 31.1 Å². The predicted octanol–water partition coefficient (Wildman–Crippen LogP) is 4.32. The Morgan fingerprint density at radius 3 is 2.13 bits per heavy atom. The Hall–Kier alpha value is -1.83. The molecule has 1 aromatic carbocycles. The van der Waals surface area contributed by atoms with Gasteiger partial charge in [-0.25, -0.2) is 9.59 Å². The van der Waals surface area contributed by atoms with Crippen LogP contribution in [0.2, 0.25) is 18.1 Å². The highest BCUT2D eigenvalue weighted by molar-refractivity contribution is 6.75. The molecule has 23 heavy (non-hydrogen) atoms. The van der Waals surface area contributed by atoms with Gasteiger partial charge in [0, 0.05) is 0 Å². The van der Waals surface area contributed by atoms with Gasteiger partial charge in [-0.2, -0.15) is 13.2 Å². The van der Waals surface area contributed by atoms with E-state index in [2.05, 4.69) is 4.74 Å². The Kier molecular flexibility index (Phi) is 5.30. The summed E-state index contributed by atoms with van der Waals surface area (Å²) in [5.41, 5.74) is 0.0299. The first kappa shape index (κ1) is 19.2. The second-order valence-electron chi connectivity index (χ2n) is 6.56. The third kappa shape index (κ3) is 5.09. The monoisotopic (exact) mass is 348 g/mol. The highest BCUT2D eigenvalue weighted by Gasteiger charge is 2.42. The topological polar surface area (TPSA) is 52.6 Å². The van der Waals surface area contributed by atoms with Crippen LogP contribution in [0, 0.1) is 0 Å². The minimum atomic E-state index is -5.10. The second kappa shape index (κ2) is 6.35. The van der Waals surface area contributed by atoms with Crippen LogP contribution >= 0.6 is 0 Å². The Balaban J connectivity index is 2.93. The number of rotatable bonds is 3. The van der Waals surface area contributed by atoms with Gasteiger partial charge in [-0.05, 0) is 36.3 Å². The Labute approximate surface area is 133 Å². The van der Waals surface area contributed by atoms with Crippen LogP contribution in [0.5, 0.6) is 5.75 Å². The molecule has 0 aliphatic heterocycles. The number of carbonyl (C=O) groups excluding carboxylic acids is 2. The summed E-state index contributed by atoms with van der Waals surface area (Å²) in [6.45, 7) is 9.60. The van der Waals surface area contributed by atoms with E-state index in [-0.39, 0.29) is 16.4 Å². The number of halogens is 3. The molecule has 0 aromatic heterocycles. The van der Waals surface area contributed by atoms with Gasteiger partial charge in [0.2, 0.25) is 0 Å². The van der Waals surface area contributed by atoms with E-state index >= 15 is 0 Å². The zero-order valence-electron chi connectivity index (χ0n) is 13.6. The van der Waals surface area contributed by atoms with E-state index in [0.29, 0.717) is 0 Å². The molecule has 4 nitrogen and oxygen atoms in total. The van der Waals surface area contributed by atoms with Crippen LogP contribution in [0.15, 0.2) is 24.3 Å². The fourth-order valence-corrected chi connectivity index (χ4v) is 2.18. The summed E-state index contributed by atoms with van der Waals surface area (Å²) in [5, 5.41) is -0.205. The summed E-state index contributed by atoms with van der Waals surface area (Å²) in [6, 6.07) is 4.92. The third-order valence-corrected chi connectivity index (χ3v) is 7.97. The minimum absolute atomic E-state index is 0.0299. The van der Waals surface area contributed by atoms with Gasteiger partial charge in [0.15, 0.2) is 0 Å². The Morgan fingerprint density at radius 2 is 1.65 bits per heavy atom. The van der Waals surface area contributed by atoms with Gasteiger partial charge in [0.05, 0.1) is 5.56 Å².